The molecule has 0 aromatic heterocycles. The number of carbonyl (C=O) groups excluding carboxylic acids is 2. The maximum absolute atomic E-state index is 12.7. The van der Waals surface area contributed by atoms with Crippen LogP contribution in [0.4, 0.5) is 0 Å². The smallest absolute Gasteiger partial charge is 0.167 e. The van der Waals surface area contributed by atoms with Crippen LogP contribution in [0, 0.1) is 11.8 Å². The van der Waals surface area contributed by atoms with Gasteiger partial charge >= 0.3 is 0 Å². The monoisotopic (exact) mass is 795 g/mol. The van der Waals surface area contributed by atoms with Crippen molar-refractivity contribution in [2.75, 3.05) is 0 Å². The molecule has 2 aliphatic carbocycles. The predicted octanol–water partition coefficient (Wildman–Crippen LogP) is 16.2. The summed E-state index contributed by atoms with van der Waals surface area (Å²) in [4.78, 5) is 25.5. The fourth-order valence-corrected chi connectivity index (χ4v) is 9.83. The zero-order valence-corrected chi connectivity index (χ0v) is 37.6. The molecule has 0 atom stereocenters. The SMILES string of the molecule is CCCCCCc1ccc(CC(=O)c2ccc(C3CCC(CCC)CC3)cc2)cc1.CCCCCc1ccc(CC(=O)c2ccc(C3CCC(CCC)CC3)cc2)cc1. The van der Waals surface area contributed by atoms with E-state index in [0.717, 1.165) is 46.9 Å². The van der Waals surface area contributed by atoms with Crippen LogP contribution in [0.1, 0.15) is 216 Å². The maximum atomic E-state index is 12.7. The highest BCUT2D eigenvalue weighted by atomic mass is 16.1. The van der Waals surface area contributed by atoms with Crippen molar-refractivity contribution < 1.29 is 9.59 Å². The number of Topliss-reactive ketones (excluding diaryl/α,β-unsaturated/α-hetero) is 2. The van der Waals surface area contributed by atoms with Gasteiger partial charge in [-0.2, -0.15) is 0 Å². The van der Waals surface area contributed by atoms with Crippen molar-refractivity contribution >= 4 is 11.6 Å². The summed E-state index contributed by atoms with van der Waals surface area (Å²) >= 11 is 0. The molecule has 0 bridgehead atoms. The third kappa shape index (κ3) is 15.6. The first-order valence-corrected chi connectivity index (χ1v) is 24.3. The lowest BCUT2D eigenvalue weighted by Crippen LogP contribution is -2.13. The number of ketones is 2. The van der Waals surface area contributed by atoms with Gasteiger partial charge in [-0.05, 0) is 134 Å². The third-order valence-electron chi connectivity index (χ3n) is 13.7. The zero-order valence-electron chi connectivity index (χ0n) is 37.6. The minimum atomic E-state index is 0.224. The van der Waals surface area contributed by atoms with E-state index in [0.29, 0.717) is 24.7 Å². The zero-order chi connectivity index (χ0) is 41.7. The number of rotatable bonds is 21. The lowest BCUT2D eigenvalue weighted by Gasteiger charge is -2.28. The predicted molar refractivity (Wildman–Crippen MR) is 252 cm³/mol. The lowest BCUT2D eigenvalue weighted by molar-refractivity contribution is 0.0984. The largest absolute Gasteiger partial charge is 0.294 e. The van der Waals surface area contributed by atoms with Gasteiger partial charge in [0.05, 0.1) is 0 Å². The summed E-state index contributed by atoms with van der Waals surface area (Å²) in [7, 11) is 0. The van der Waals surface area contributed by atoms with Crippen LogP contribution in [0.5, 0.6) is 0 Å². The van der Waals surface area contributed by atoms with Crippen LogP contribution in [0.25, 0.3) is 0 Å². The van der Waals surface area contributed by atoms with E-state index >= 15 is 0 Å². The molecule has 59 heavy (non-hydrogen) atoms. The van der Waals surface area contributed by atoms with Crippen LogP contribution in [0.3, 0.4) is 0 Å². The molecule has 4 aromatic carbocycles. The van der Waals surface area contributed by atoms with Crippen molar-refractivity contribution in [3.05, 3.63) is 142 Å². The van der Waals surface area contributed by atoms with Gasteiger partial charge in [-0.1, -0.05) is 183 Å². The molecule has 2 aliphatic rings. The Morgan fingerprint density at radius 3 is 1.08 bits per heavy atom. The van der Waals surface area contributed by atoms with E-state index in [9.17, 15) is 9.59 Å². The van der Waals surface area contributed by atoms with Gasteiger partial charge in [-0.15, -0.1) is 0 Å². The van der Waals surface area contributed by atoms with Crippen molar-refractivity contribution in [1.29, 1.82) is 0 Å². The molecule has 0 aliphatic heterocycles. The Labute approximate surface area is 360 Å². The van der Waals surface area contributed by atoms with E-state index in [1.165, 1.54) is 144 Å². The van der Waals surface area contributed by atoms with Crippen LogP contribution in [0.15, 0.2) is 97.1 Å². The molecule has 2 heteroatoms. The maximum Gasteiger partial charge on any atom is 0.167 e. The van der Waals surface area contributed by atoms with E-state index in [1.807, 2.05) is 0 Å². The van der Waals surface area contributed by atoms with E-state index in [1.54, 1.807) is 0 Å². The van der Waals surface area contributed by atoms with Crippen molar-refractivity contribution in [2.45, 2.75) is 187 Å². The second kappa shape index (κ2) is 25.8. The Balaban J connectivity index is 0.000000224. The van der Waals surface area contributed by atoms with Crippen LogP contribution in [-0.4, -0.2) is 11.6 Å². The Kier molecular flexibility index (Phi) is 20.2. The molecule has 6 rings (SSSR count). The van der Waals surface area contributed by atoms with Crippen LogP contribution < -0.4 is 0 Å². The fraction of sp³-hybridized carbons (Fsp3) is 0.544. The highest BCUT2D eigenvalue weighted by molar-refractivity contribution is 5.98. The normalized spacial score (nSPS) is 19.1. The van der Waals surface area contributed by atoms with Gasteiger partial charge in [-0.25, -0.2) is 0 Å². The number of hydrogen-bond acceptors (Lipinski definition) is 2. The number of hydrogen-bond donors (Lipinski definition) is 0. The average Bonchev–Trinajstić information content (AvgIpc) is 3.27. The third-order valence-corrected chi connectivity index (χ3v) is 13.7. The van der Waals surface area contributed by atoms with Gasteiger partial charge in [0.2, 0.25) is 0 Å². The van der Waals surface area contributed by atoms with E-state index in [2.05, 4.69) is 125 Å². The van der Waals surface area contributed by atoms with Gasteiger partial charge in [0.25, 0.3) is 0 Å². The van der Waals surface area contributed by atoms with E-state index < -0.39 is 0 Å². The highest BCUT2D eigenvalue weighted by Crippen LogP contribution is 2.38. The second-order valence-electron chi connectivity index (χ2n) is 18.4. The van der Waals surface area contributed by atoms with Crippen LogP contribution in [0.2, 0.25) is 0 Å². The molecule has 318 valence electrons. The average molecular weight is 795 g/mol. The first-order chi connectivity index (χ1) is 28.9. The summed E-state index contributed by atoms with van der Waals surface area (Å²) in [6.07, 6.45) is 28.4. The van der Waals surface area contributed by atoms with Crippen LogP contribution >= 0.6 is 0 Å². The van der Waals surface area contributed by atoms with Gasteiger partial charge < -0.3 is 0 Å². The molecule has 0 heterocycles. The number of aryl methyl sites for hydroxylation is 2. The molecular formula is C57H78O2. The molecule has 0 N–H and O–H groups in total. The summed E-state index contributed by atoms with van der Waals surface area (Å²) in [6, 6.07) is 34.3. The van der Waals surface area contributed by atoms with Crippen molar-refractivity contribution in [3.8, 4) is 0 Å². The Hall–Kier alpha value is -3.78. The van der Waals surface area contributed by atoms with Gasteiger partial charge in [-0.3, -0.25) is 9.59 Å². The molecule has 0 radical (unpaired) electrons. The lowest BCUT2D eigenvalue weighted by atomic mass is 9.77. The molecule has 2 nitrogen and oxygen atoms in total. The molecule has 2 fully saturated rings. The molecule has 0 spiro atoms. The van der Waals surface area contributed by atoms with Crippen molar-refractivity contribution in [1.82, 2.24) is 0 Å². The molecule has 0 unspecified atom stereocenters. The number of unbranched alkanes of at least 4 members (excludes halogenated alkanes) is 5. The topological polar surface area (TPSA) is 34.1 Å². The first-order valence-electron chi connectivity index (χ1n) is 24.3. The molecular weight excluding hydrogens is 717 g/mol. The summed E-state index contributed by atoms with van der Waals surface area (Å²) in [5.74, 6) is 3.70. The summed E-state index contributed by atoms with van der Waals surface area (Å²) in [5.41, 5.74) is 9.56. The van der Waals surface area contributed by atoms with Crippen molar-refractivity contribution in [2.24, 2.45) is 11.8 Å². The number of carbonyl (C=O) groups is 2. The molecule has 2 saturated carbocycles. The second-order valence-corrected chi connectivity index (χ2v) is 18.4. The Morgan fingerprint density at radius 1 is 0.390 bits per heavy atom. The van der Waals surface area contributed by atoms with Gasteiger partial charge in [0.1, 0.15) is 0 Å². The minimum Gasteiger partial charge on any atom is -0.294 e. The summed E-state index contributed by atoms with van der Waals surface area (Å²) < 4.78 is 0. The van der Waals surface area contributed by atoms with Gasteiger partial charge in [0.15, 0.2) is 11.6 Å². The van der Waals surface area contributed by atoms with Crippen LogP contribution in [-0.2, 0) is 25.7 Å². The number of benzene rings is 4. The first kappa shape index (κ1) is 46.3. The van der Waals surface area contributed by atoms with E-state index in [4.69, 9.17) is 0 Å². The minimum absolute atomic E-state index is 0.224. The summed E-state index contributed by atoms with van der Waals surface area (Å²) in [5, 5.41) is 0. The highest BCUT2D eigenvalue weighted by Gasteiger charge is 2.23. The van der Waals surface area contributed by atoms with Gasteiger partial charge in [0, 0.05) is 24.0 Å². The molecule has 0 saturated heterocycles. The van der Waals surface area contributed by atoms with Crippen molar-refractivity contribution in [3.63, 3.8) is 0 Å². The molecule has 0 amide bonds. The summed E-state index contributed by atoms with van der Waals surface area (Å²) in [6.45, 7) is 9.08. The molecule has 4 aromatic rings. The Bertz CT molecular complexity index is 1750. The fourth-order valence-electron chi connectivity index (χ4n) is 9.83. The Morgan fingerprint density at radius 2 is 0.729 bits per heavy atom. The quantitative estimate of drug-likeness (QED) is 0.0622. The standard InChI is InChI=1S/C29H40O.C28H38O/c1-3-5-6-7-9-24-10-12-25(13-11-24)22-29(30)28-20-18-27(19-21-28)26-16-14-23(8-4-2)15-17-26;1-3-5-6-8-23-9-11-24(12-10-23)21-28(29)27-19-17-26(18-20-27)25-15-13-22(7-4-2)14-16-25/h10-13,18-21,23,26H,3-9,14-17,22H2,1-2H3;9-12,17-20,22,25H,3-8,13-16,21H2,1-2H3. The van der Waals surface area contributed by atoms with E-state index in [-0.39, 0.29) is 11.6 Å².